The van der Waals surface area contributed by atoms with E-state index in [-0.39, 0.29) is 11.8 Å². The molecule has 0 spiro atoms. The van der Waals surface area contributed by atoms with Crippen molar-refractivity contribution in [2.45, 2.75) is 25.7 Å². The number of thioether (sulfide) groups is 1. The van der Waals surface area contributed by atoms with Crippen LogP contribution in [0.1, 0.15) is 41.6 Å². The number of hydrogen-bond acceptors (Lipinski definition) is 6. The molecule has 1 heterocycles. The van der Waals surface area contributed by atoms with Gasteiger partial charge in [-0.1, -0.05) is 65.7 Å². The summed E-state index contributed by atoms with van der Waals surface area (Å²) < 4.78 is 5.20. The monoisotopic (exact) mass is 536 g/mol. The largest absolute Gasteiger partial charge is 0.465 e. The number of methoxy groups -OCH3 is 1. The fourth-order valence-corrected chi connectivity index (χ4v) is 4.81. The van der Waals surface area contributed by atoms with E-state index >= 15 is 0 Å². The van der Waals surface area contributed by atoms with Crippen molar-refractivity contribution in [3.05, 3.63) is 68.5 Å². The van der Waals surface area contributed by atoms with Gasteiger partial charge in [0.15, 0.2) is 0 Å². The Balaban J connectivity index is 1.43. The van der Waals surface area contributed by atoms with Crippen LogP contribution in [0.4, 0.5) is 5.69 Å². The summed E-state index contributed by atoms with van der Waals surface area (Å²) in [6, 6.07) is 11.7. The number of unbranched alkanes of at least 4 members (excludes halogenated alkanes) is 2. The van der Waals surface area contributed by atoms with Gasteiger partial charge in [-0.25, -0.2) is 4.79 Å². The molecule has 0 atom stereocenters. The quantitative estimate of drug-likeness (QED) is 0.178. The molecule has 178 valence electrons. The minimum Gasteiger partial charge on any atom is -0.465 e. The fraction of sp³-hybridized carbons (Fsp3) is 0.250. The lowest BCUT2D eigenvalue weighted by molar-refractivity contribution is -0.122. The number of benzene rings is 2. The van der Waals surface area contributed by atoms with E-state index in [9.17, 15) is 14.4 Å². The van der Waals surface area contributed by atoms with Crippen LogP contribution in [0.15, 0.2) is 47.4 Å². The molecule has 10 heteroatoms. The number of anilines is 1. The third-order valence-electron chi connectivity index (χ3n) is 4.99. The topological polar surface area (TPSA) is 75.7 Å². The Labute approximate surface area is 217 Å². The number of nitrogens with one attached hydrogen (secondary N) is 1. The number of hydrogen-bond donors (Lipinski definition) is 1. The van der Waals surface area contributed by atoms with E-state index in [0.717, 1.165) is 18.4 Å². The standard InChI is InChI=1S/C24H22Cl2N2O4S2/c1-32-23(31)16-8-6-15(7-9-16)13-20-22(30)28(24(33)34-20)12-4-2-3-5-21(29)27-17-10-11-18(25)19(26)14-17/h6-11,13-14H,2-5,12H2,1H3,(H,27,29)/b20-13-. The third-order valence-corrected chi connectivity index (χ3v) is 7.11. The summed E-state index contributed by atoms with van der Waals surface area (Å²) in [6.45, 7) is 0.498. The summed E-state index contributed by atoms with van der Waals surface area (Å²) in [5, 5.41) is 3.61. The van der Waals surface area contributed by atoms with Gasteiger partial charge in [0.25, 0.3) is 5.91 Å². The van der Waals surface area contributed by atoms with Gasteiger partial charge >= 0.3 is 5.97 Å². The summed E-state index contributed by atoms with van der Waals surface area (Å²) >= 11 is 18.5. The number of esters is 1. The smallest absolute Gasteiger partial charge is 0.337 e. The average molecular weight is 537 g/mol. The number of halogens is 2. The maximum absolute atomic E-state index is 12.8. The van der Waals surface area contributed by atoms with E-state index in [1.165, 1.54) is 18.9 Å². The molecule has 0 radical (unpaired) electrons. The number of amides is 2. The summed E-state index contributed by atoms with van der Waals surface area (Å²) in [4.78, 5) is 38.5. The summed E-state index contributed by atoms with van der Waals surface area (Å²) in [7, 11) is 1.33. The second-order valence-electron chi connectivity index (χ2n) is 7.43. The van der Waals surface area contributed by atoms with Crippen LogP contribution in [-0.2, 0) is 14.3 Å². The van der Waals surface area contributed by atoms with Crippen LogP contribution in [-0.4, -0.2) is 40.7 Å². The van der Waals surface area contributed by atoms with Crippen LogP contribution in [0, 0.1) is 0 Å². The van der Waals surface area contributed by atoms with Crippen molar-refractivity contribution < 1.29 is 19.1 Å². The number of thiocarbonyl (C=S) groups is 1. The zero-order valence-corrected chi connectivity index (χ0v) is 21.5. The Kier molecular flexibility index (Phi) is 9.53. The van der Waals surface area contributed by atoms with Gasteiger partial charge in [0.05, 0.1) is 27.6 Å². The normalized spacial score (nSPS) is 14.6. The molecule has 0 unspecified atom stereocenters. The summed E-state index contributed by atoms with van der Waals surface area (Å²) in [6.07, 6.45) is 4.31. The van der Waals surface area contributed by atoms with E-state index in [4.69, 9.17) is 35.4 Å². The van der Waals surface area contributed by atoms with Crippen LogP contribution in [0.2, 0.25) is 10.0 Å². The van der Waals surface area contributed by atoms with Crippen LogP contribution in [0.25, 0.3) is 6.08 Å². The zero-order chi connectivity index (χ0) is 24.7. The predicted octanol–water partition coefficient (Wildman–Crippen LogP) is 6.18. The lowest BCUT2D eigenvalue weighted by Gasteiger charge is -2.14. The molecule has 0 bridgehead atoms. The average Bonchev–Trinajstić information content (AvgIpc) is 3.08. The van der Waals surface area contributed by atoms with Crippen molar-refractivity contribution in [2.75, 3.05) is 19.0 Å². The van der Waals surface area contributed by atoms with E-state index in [1.54, 1.807) is 53.4 Å². The zero-order valence-electron chi connectivity index (χ0n) is 18.3. The van der Waals surface area contributed by atoms with E-state index in [2.05, 4.69) is 10.1 Å². The molecule has 2 amide bonds. The molecule has 6 nitrogen and oxygen atoms in total. The molecule has 0 saturated carbocycles. The van der Waals surface area contributed by atoms with Crippen LogP contribution >= 0.6 is 47.2 Å². The highest BCUT2D eigenvalue weighted by Crippen LogP contribution is 2.33. The van der Waals surface area contributed by atoms with Gasteiger partial charge in [0.1, 0.15) is 4.32 Å². The molecule has 1 aliphatic rings. The molecular formula is C24H22Cl2N2O4S2. The number of carbonyl (C=O) groups excluding carboxylic acids is 3. The lowest BCUT2D eigenvalue weighted by atomic mass is 10.1. The molecule has 1 fully saturated rings. The molecule has 1 N–H and O–H groups in total. The first kappa shape index (κ1) is 26.2. The highest BCUT2D eigenvalue weighted by Gasteiger charge is 2.31. The Bertz CT molecular complexity index is 1140. The van der Waals surface area contributed by atoms with Crippen molar-refractivity contribution in [2.24, 2.45) is 0 Å². The number of nitrogens with zero attached hydrogens (tertiary/aromatic N) is 1. The summed E-state index contributed by atoms with van der Waals surface area (Å²) in [5.74, 6) is -0.653. The molecule has 3 rings (SSSR count). The van der Waals surface area contributed by atoms with Crippen LogP contribution < -0.4 is 5.32 Å². The molecule has 0 aliphatic carbocycles. The van der Waals surface area contributed by atoms with Gasteiger partial charge in [0.2, 0.25) is 5.91 Å². The van der Waals surface area contributed by atoms with Gasteiger partial charge < -0.3 is 10.1 Å². The molecule has 2 aromatic carbocycles. The second kappa shape index (κ2) is 12.4. The molecule has 1 aliphatic heterocycles. The Morgan fingerprint density at radius 3 is 2.50 bits per heavy atom. The van der Waals surface area contributed by atoms with Crippen molar-refractivity contribution in [1.82, 2.24) is 4.90 Å². The minimum absolute atomic E-state index is 0.106. The lowest BCUT2D eigenvalue weighted by Crippen LogP contribution is -2.29. The van der Waals surface area contributed by atoms with Crippen molar-refractivity contribution >= 4 is 81.0 Å². The highest BCUT2D eigenvalue weighted by molar-refractivity contribution is 8.26. The number of carbonyl (C=O) groups is 3. The van der Waals surface area contributed by atoms with E-state index in [1.807, 2.05) is 0 Å². The third kappa shape index (κ3) is 7.06. The van der Waals surface area contributed by atoms with Gasteiger partial charge in [-0.05, 0) is 54.8 Å². The van der Waals surface area contributed by atoms with Crippen molar-refractivity contribution in [3.63, 3.8) is 0 Å². The van der Waals surface area contributed by atoms with Crippen molar-refractivity contribution in [3.8, 4) is 0 Å². The first-order valence-corrected chi connectivity index (χ1v) is 12.4. The minimum atomic E-state index is -0.412. The Morgan fingerprint density at radius 2 is 1.82 bits per heavy atom. The van der Waals surface area contributed by atoms with Gasteiger partial charge in [-0.2, -0.15) is 0 Å². The van der Waals surface area contributed by atoms with Crippen LogP contribution in [0.5, 0.6) is 0 Å². The first-order chi connectivity index (χ1) is 16.3. The molecular weight excluding hydrogens is 515 g/mol. The molecule has 0 aromatic heterocycles. The maximum atomic E-state index is 12.8. The molecule has 2 aromatic rings. The molecule has 34 heavy (non-hydrogen) atoms. The first-order valence-electron chi connectivity index (χ1n) is 10.5. The fourth-order valence-electron chi connectivity index (χ4n) is 3.21. The maximum Gasteiger partial charge on any atom is 0.337 e. The van der Waals surface area contributed by atoms with Gasteiger partial charge in [-0.15, -0.1) is 0 Å². The molecule has 1 saturated heterocycles. The Morgan fingerprint density at radius 1 is 1.09 bits per heavy atom. The highest BCUT2D eigenvalue weighted by atomic mass is 35.5. The van der Waals surface area contributed by atoms with Crippen molar-refractivity contribution in [1.29, 1.82) is 0 Å². The van der Waals surface area contributed by atoms with E-state index in [0.29, 0.717) is 49.9 Å². The summed E-state index contributed by atoms with van der Waals surface area (Å²) in [5.41, 5.74) is 1.84. The SMILES string of the molecule is COC(=O)c1ccc(/C=C2\SC(=S)N(CCCCCC(=O)Nc3ccc(Cl)c(Cl)c3)C2=O)cc1. The number of ether oxygens (including phenoxy) is 1. The number of rotatable bonds is 9. The second-order valence-corrected chi connectivity index (χ2v) is 9.92. The Hall–Kier alpha value is -2.39. The predicted molar refractivity (Wildman–Crippen MR) is 141 cm³/mol. The van der Waals surface area contributed by atoms with E-state index < -0.39 is 5.97 Å². The van der Waals surface area contributed by atoms with Crippen LogP contribution in [0.3, 0.4) is 0 Å². The van der Waals surface area contributed by atoms with Gasteiger partial charge in [0, 0.05) is 18.7 Å². The van der Waals surface area contributed by atoms with Gasteiger partial charge in [-0.3, -0.25) is 14.5 Å².